The molecule has 0 radical (unpaired) electrons. The highest BCUT2D eigenvalue weighted by atomic mass is 16.1. The summed E-state index contributed by atoms with van der Waals surface area (Å²) in [7, 11) is 0. The minimum absolute atomic E-state index is 0.178. The topological polar surface area (TPSA) is 48.6 Å². The van der Waals surface area contributed by atoms with E-state index in [0.29, 0.717) is 0 Å². The van der Waals surface area contributed by atoms with E-state index in [-0.39, 0.29) is 5.78 Å². The highest BCUT2D eigenvalue weighted by Crippen LogP contribution is 2.31. The first-order valence-corrected chi connectivity index (χ1v) is 9.38. The van der Waals surface area contributed by atoms with E-state index in [9.17, 15) is 4.79 Å². The molecule has 0 atom stereocenters. The lowest BCUT2D eigenvalue weighted by Gasteiger charge is -2.16. The van der Waals surface area contributed by atoms with Crippen LogP contribution in [0.15, 0.2) is 72.1 Å². The molecule has 0 saturated heterocycles. The van der Waals surface area contributed by atoms with Crippen molar-refractivity contribution in [3.63, 3.8) is 0 Å². The molecule has 2 aromatic heterocycles. The molecule has 1 fully saturated rings. The average Bonchev–Trinajstić information content (AvgIpc) is 3.30. The van der Waals surface area contributed by atoms with Crippen LogP contribution >= 0.6 is 0 Å². The first kappa shape index (κ1) is 15.9. The number of hydrogen-bond acceptors (Lipinski definition) is 1. The molecule has 1 aliphatic carbocycles. The molecule has 2 heterocycles. The van der Waals surface area contributed by atoms with Crippen LogP contribution in [0.3, 0.4) is 0 Å². The number of H-pyrrole nitrogens is 2. The molecule has 2 N–H and O–H groups in total. The summed E-state index contributed by atoms with van der Waals surface area (Å²) in [5.41, 5.74) is 6.17. The van der Waals surface area contributed by atoms with Gasteiger partial charge in [-0.3, -0.25) is 4.79 Å². The summed E-state index contributed by atoms with van der Waals surface area (Å²) in [6.07, 6.45) is 10.8. The molecule has 2 aromatic carbocycles. The summed E-state index contributed by atoms with van der Waals surface area (Å²) in [5, 5.41) is 2.32. The highest BCUT2D eigenvalue weighted by molar-refractivity contribution is 6.15. The molecule has 1 aliphatic rings. The van der Waals surface area contributed by atoms with Gasteiger partial charge in [0.25, 0.3) is 0 Å². The van der Waals surface area contributed by atoms with Crippen molar-refractivity contribution in [1.29, 1.82) is 0 Å². The van der Waals surface area contributed by atoms with Gasteiger partial charge in [-0.1, -0.05) is 36.4 Å². The van der Waals surface area contributed by atoms with Gasteiger partial charge in [-0.05, 0) is 43.5 Å². The Balaban J connectivity index is 1.52. The van der Waals surface area contributed by atoms with E-state index < -0.39 is 0 Å². The number of rotatable bonds is 2. The fourth-order valence-corrected chi connectivity index (χ4v) is 3.98. The number of hydrogen-bond donors (Lipinski definition) is 2. The summed E-state index contributed by atoms with van der Waals surface area (Å²) in [5.74, 6) is 0.178. The maximum Gasteiger partial charge on any atom is 0.185 e. The maximum atomic E-state index is 13.1. The number of para-hydroxylation sites is 2. The first-order chi connectivity index (χ1) is 13.3. The van der Waals surface area contributed by atoms with Gasteiger partial charge in [0.05, 0.1) is 0 Å². The minimum atomic E-state index is 0.178. The van der Waals surface area contributed by atoms with Crippen molar-refractivity contribution in [3.05, 3.63) is 83.2 Å². The standard InChI is InChI=1S/C24H20N2O/c27-24-16(12-18-14-25-22-10-3-1-8-20(18)22)6-5-7-17(24)13-19-15-26-23-11-4-2-9-21(19)23/h1-4,8-15,25-26H,5-7H2/b16-12-,17-13-. The maximum absolute atomic E-state index is 13.1. The number of carbonyl (C=O) groups is 1. The molecule has 3 heteroatoms. The quantitative estimate of drug-likeness (QED) is 0.436. The molecule has 0 spiro atoms. The van der Waals surface area contributed by atoms with E-state index >= 15 is 0 Å². The Morgan fingerprint density at radius 1 is 0.704 bits per heavy atom. The minimum Gasteiger partial charge on any atom is -0.361 e. The molecule has 132 valence electrons. The van der Waals surface area contributed by atoms with E-state index in [2.05, 4.69) is 46.4 Å². The van der Waals surface area contributed by atoms with Gasteiger partial charge < -0.3 is 9.97 Å². The molecule has 0 bridgehead atoms. The zero-order chi connectivity index (χ0) is 18.2. The van der Waals surface area contributed by atoms with Gasteiger partial charge in [0.2, 0.25) is 0 Å². The van der Waals surface area contributed by atoms with Gasteiger partial charge >= 0.3 is 0 Å². The largest absolute Gasteiger partial charge is 0.361 e. The molecule has 27 heavy (non-hydrogen) atoms. The van der Waals surface area contributed by atoms with E-state index in [1.165, 1.54) is 0 Å². The van der Waals surface area contributed by atoms with Crippen LogP contribution in [-0.4, -0.2) is 15.8 Å². The van der Waals surface area contributed by atoms with Crippen molar-refractivity contribution in [1.82, 2.24) is 9.97 Å². The Labute approximate surface area is 157 Å². The number of fused-ring (bicyclic) bond motifs is 2. The highest BCUT2D eigenvalue weighted by Gasteiger charge is 2.21. The van der Waals surface area contributed by atoms with Gasteiger partial charge in [0.15, 0.2) is 5.78 Å². The van der Waals surface area contributed by atoms with E-state index in [4.69, 9.17) is 0 Å². The van der Waals surface area contributed by atoms with Crippen molar-refractivity contribution in [3.8, 4) is 0 Å². The number of aromatic nitrogens is 2. The third-order valence-corrected chi connectivity index (χ3v) is 5.38. The fourth-order valence-electron chi connectivity index (χ4n) is 3.98. The zero-order valence-corrected chi connectivity index (χ0v) is 15.0. The number of carbonyl (C=O) groups excluding carboxylic acids is 1. The van der Waals surface area contributed by atoms with Crippen LogP contribution in [0.4, 0.5) is 0 Å². The summed E-state index contributed by atoms with van der Waals surface area (Å²) in [6, 6.07) is 16.4. The number of allylic oxidation sites excluding steroid dienone is 2. The van der Waals surface area contributed by atoms with Crippen LogP contribution < -0.4 is 0 Å². The lowest BCUT2D eigenvalue weighted by Crippen LogP contribution is -2.12. The van der Waals surface area contributed by atoms with Gasteiger partial charge in [-0.25, -0.2) is 0 Å². The second kappa shape index (κ2) is 6.44. The van der Waals surface area contributed by atoms with Gasteiger partial charge in [0.1, 0.15) is 0 Å². The number of benzene rings is 2. The van der Waals surface area contributed by atoms with Crippen LogP contribution in [0.2, 0.25) is 0 Å². The van der Waals surface area contributed by atoms with Crippen LogP contribution in [-0.2, 0) is 4.79 Å². The fraction of sp³-hybridized carbons (Fsp3) is 0.125. The normalized spacial score (nSPS) is 18.1. The third kappa shape index (κ3) is 2.81. The Kier molecular flexibility index (Phi) is 3.79. The smallest absolute Gasteiger partial charge is 0.185 e. The first-order valence-electron chi connectivity index (χ1n) is 9.38. The van der Waals surface area contributed by atoms with Crippen molar-refractivity contribution in [2.75, 3.05) is 0 Å². The van der Waals surface area contributed by atoms with Crippen LogP contribution in [0, 0.1) is 0 Å². The summed E-state index contributed by atoms with van der Waals surface area (Å²) >= 11 is 0. The van der Waals surface area contributed by atoms with Gasteiger partial charge in [-0.15, -0.1) is 0 Å². The Morgan fingerprint density at radius 3 is 1.70 bits per heavy atom. The molecule has 3 nitrogen and oxygen atoms in total. The van der Waals surface area contributed by atoms with Gasteiger partial charge in [0, 0.05) is 56.5 Å². The Morgan fingerprint density at radius 2 is 1.19 bits per heavy atom. The SMILES string of the molecule is O=C1/C(=C\c2c[nH]c3ccccc23)CCC/C1=C/c1c[nH]c2ccccc12. The number of Topliss-reactive ketones (excluding diaryl/α,β-unsaturated/α-hetero) is 1. The van der Waals surface area contributed by atoms with Crippen molar-refractivity contribution >= 4 is 39.7 Å². The molecule has 5 rings (SSSR count). The Bertz CT molecular complexity index is 1130. The predicted octanol–water partition coefficient (Wildman–Crippen LogP) is 5.87. The zero-order valence-electron chi connectivity index (χ0n) is 15.0. The lowest BCUT2D eigenvalue weighted by molar-refractivity contribution is -0.112. The summed E-state index contributed by atoms with van der Waals surface area (Å²) < 4.78 is 0. The van der Waals surface area contributed by atoms with Crippen molar-refractivity contribution in [2.45, 2.75) is 19.3 Å². The second-order valence-electron chi connectivity index (χ2n) is 7.10. The molecular weight excluding hydrogens is 332 g/mol. The second-order valence-corrected chi connectivity index (χ2v) is 7.10. The van der Waals surface area contributed by atoms with Crippen LogP contribution in [0.1, 0.15) is 30.4 Å². The number of nitrogens with one attached hydrogen (secondary N) is 2. The molecule has 1 saturated carbocycles. The number of ketones is 1. The monoisotopic (exact) mass is 352 g/mol. The van der Waals surface area contributed by atoms with E-state index in [1.54, 1.807) is 0 Å². The molecule has 0 aliphatic heterocycles. The van der Waals surface area contributed by atoms with Crippen LogP contribution in [0.25, 0.3) is 34.0 Å². The van der Waals surface area contributed by atoms with Crippen LogP contribution in [0.5, 0.6) is 0 Å². The van der Waals surface area contributed by atoms with Gasteiger partial charge in [-0.2, -0.15) is 0 Å². The summed E-state index contributed by atoms with van der Waals surface area (Å²) in [6.45, 7) is 0. The average molecular weight is 352 g/mol. The van der Waals surface area contributed by atoms with E-state index in [1.807, 2.05) is 36.7 Å². The molecule has 0 unspecified atom stereocenters. The Hall–Kier alpha value is -3.33. The van der Waals surface area contributed by atoms with Crippen molar-refractivity contribution < 1.29 is 4.79 Å². The number of aromatic amines is 2. The lowest BCUT2D eigenvalue weighted by atomic mass is 9.87. The molecular formula is C24H20N2O. The van der Waals surface area contributed by atoms with E-state index in [0.717, 1.165) is 63.3 Å². The molecule has 4 aromatic rings. The predicted molar refractivity (Wildman–Crippen MR) is 111 cm³/mol. The summed E-state index contributed by atoms with van der Waals surface area (Å²) in [4.78, 5) is 19.7. The van der Waals surface area contributed by atoms with Crippen molar-refractivity contribution in [2.24, 2.45) is 0 Å². The third-order valence-electron chi connectivity index (χ3n) is 5.38. The molecule has 0 amide bonds.